The molecule has 0 aromatic carbocycles. The number of rotatable bonds is 1. The van der Waals surface area contributed by atoms with E-state index in [1.807, 2.05) is 5.10 Å². The molecule has 0 amide bonds. The number of aromatic amines is 1. The number of alkyl halides is 3. The first-order valence-corrected chi connectivity index (χ1v) is 10.2. The average Bonchev–Trinajstić information content (AvgIpc) is 3.34. The van der Waals surface area contributed by atoms with Crippen LogP contribution in [-0.4, -0.2) is 29.8 Å². The zero-order valence-electron chi connectivity index (χ0n) is 16.1. The van der Waals surface area contributed by atoms with Crippen molar-refractivity contribution in [2.75, 3.05) is 0 Å². The highest BCUT2D eigenvalue weighted by atomic mass is 32.1. The number of aryl methyl sites for hydroxylation is 1. The third-order valence-corrected chi connectivity index (χ3v) is 6.89. The summed E-state index contributed by atoms with van der Waals surface area (Å²) in [6, 6.07) is 0.927. The summed E-state index contributed by atoms with van der Waals surface area (Å²) in [5, 5.41) is 11.0. The predicted octanol–water partition coefficient (Wildman–Crippen LogP) is 4.90. The van der Waals surface area contributed by atoms with Gasteiger partial charge in [0.2, 0.25) is 5.82 Å². The molecular weight excluding hydrogens is 401 g/mol. The Kier molecular flexibility index (Phi) is 3.84. The molecule has 1 aliphatic carbocycles. The van der Waals surface area contributed by atoms with E-state index in [2.05, 4.69) is 40.9 Å². The normalized spacial score (nSPS) is 17.9. The third kappa shape index (κ3) is 3.00. The average molecular weight is 420 g/mol. The fourth-order valence-corrected chi connectivity index (χ4v) is 5.27. The molecule has 0 saturated carbocycles. The molecule has 0 radical (unpaired) electrons. The molecule has 4 aromatic heterocycles. The van der Waals surface area contributed by atoms with Gasteiger partial charge in [0.1, 0.15) is 22.5 Å². The summed E-state index contributed by atoms with van der Waals surface area (Å²) in [5.41, 5.74) is 1.25. The minimum absolute atomic E-state index is 0.0612. The van der Waals surface area contributed by atoms with Crippen LogP contribution in [0.15, 0.2) is 12.4 Å². The minimum Gasteiger partial charge on any atom is -0.273 e. The van der Waals surface area contributed by atoms with E-state index < -0.39 is 11.9 Å². The molecule has 4 heterocycles. The number of halogens is 3. The van der Waals surface area contributed by atoms with Gasteiger partial charge in [-0.1, -0.05) is 20.8 Å². The van der Waals surface area contributed by atoms with Crippen LogP contribution in [0.3, 0.4) is 0 Å². The third-order valence-electron chi connectivity index (χ3n) is 5.72. The van der Waals surface area contributed by atoms with E-state index >= 15 is 0 Å². The first-order valence-electron chi connectivity index (χ1n) is 9.40. The molecule has 1 aliphatic rings. The van der Waals surface area contributed by atoms with Crippen LogP contribution in [0.4, 0.5) is 13.2 Å². The van der Waals surface area contributed by atoms with Crippen molar-refractivity contribution in [3.8, 4) is 11.5 Å². The summed E-state index contributed by atoms with van der Waals surface area (Å²) < 4.78 is 40.1. The quantitative estimate of drug-likeness (QED) is 0.476. The van der Waals surface area contributed by atoms with Gasteiger partial charge in [0.15, 0.2) is 5.65 Å². The van der Waals surface area contributed by atoms with Crippen molar-refractivity contribution in [2.24, 2.45) is 11.3 Å². The summed E-state index contributed by atoms with van der Waals surface area (Å²) in [6.07, 6.45) is 0.130. The number of hydrogen-bond donors (Lipinski definition) is 1. The van der Waals surface area contributed by atoms with Gasteiger partial charge in [-0.05, 0) is 42.2 Å². The van der Waals surface area contributed by atoms with Crippen molar-refractivity contribution in [1.82, 2.24) is 29.8 Å². The zero-order chi connectivity index (χ0) is 20.6. The molecule has 10 heteroatoms. The highest BCUT2D eigenvalue weighted by Gasteiger charge is 2.34. The van der Waals surface area contributed by atoms with Gasteiger partial charge in [-0.25, -0.2) is 14.5 Å². The Morgan fingerprint density at radius 1 is 1.24 bits per heavy atom. The maximum absolute atomic E-state index is 12.9. The predicted molar refractivity (Wildman–Crippen MR) is 104 cm³/mol. The van der Waals surface area contributed by atoms with E-state index in [-0.39, 0.29) is 16.9 Å². The zero-order valence-corrected chi connectivity index (χ0v) is 16.9. The molecule has 1 atom stereocenters. The van der Waals surface area contributed by atoms with E-state index in [4.69, 9.17) is 0 Å². The van der Waals surface area contributed by atoms with Crippen LogP contribution in [-0.2, 0) is 19.0 Å². The number of fused-ring (bicyclic) bond motifs is 5. The Bertz CT molecular complexity index is 1230. The number of thiophene rings is 1. The molecule has 6 nitrogen and oxygen atoms in total. The second-order valence-corrected chi connectivity index (χ2v) is 9.69. The summed E-state index contributed by atoms with van der Waals surface area (Å²) in [6.45, 7) is 6.82. The lowest BCUT2D eigenvalue weighted by atomic mass is 9.72. The highest BCUT2D eigenvalue weighted by Crippen LogP contribution is 2.43. The van der Waals surface area contributed by atoms with Crippen LogP contribution in [0.5, 0.6) is 0 Å². The molecule has 5 rings (SSSR count). The van der Waals surface area contributed by atoms with Crippen LogP contribution in [0.1, 0.15) is 43.3 Å². The molecule has 1 unspecified atom stereocenters. The van der Waals surface area contributed by atoms with Gasteiger partial charge in [0, 0.05) is 4.88 Å². The monoisotopic (exact) mass is 420 g/mol. The molecule has 0 aliphatic heterocycles. The first kappa shape index (κ1) is 18.5. The Morgan fingerprint density at radius 3 is 2.72 bits per heavy atom. The molecule has 0 saturated heterocycles. The molecule has 29 heavy (non-hydrogen) atoms. The molecule has 0 spiro atoms. The number of hydrogen-bond acceptors (Lipinski definition) is 5. The Labute approximate surface area is 168 Å². The van der Waals surface area contributed by atoms with Crippen molar-refractivity contribution in [2.45, 2.75) is 46.2 Å². The first-order chi connectivity index (χ1) is 13.6. The number of H-pyrrole nitrogens is 1. The molecule has 1 N–H and O–H groups in total. The minimum atomic E-state index is -4.49. The van der Waals surface area contributed by atoms with Gasteiger partial charge in [-0.3, -0.25) is 5.10 Å². The summed E-state index contributed by atoms with van der Waals surface area (Å²) in [4.78, 5) is 11.3. The van der Waals surface area contributed by atoms with Gasteiger partial charge >= 0.3 is 6.18 Å². The van der Waals surface area contributed by atoms with E-state index in [0.29, 0.717) is 11.6 Å². The fraction of sp³-hybridized carbons (Fsp3) is 0.474. The van der Waals surface area contributed by atoms with Crippen molar-refractivity contribution in [3.05, 3.63) is 28.5 Å². The van der Waals surface area contributed by atoms with Crippen molar-refractivity contribution in [1.29, 1.82) is 0 Å². The van der Waals surface area contributed by atoms with Gasteiger partial charge in [-0.2, -0.15) is 18.3 Å². The molecule has 4 aromatic rings. The topological polar surface area (TPSA) is 71.8 Å². The van der Waals surface area contributed by atoms with Gasteiger partial charge < -0.3 is 0 Å². The highest BCUT2D eigenvalue weighted by molar-refractivity contribution is 7.19. The molecule has 152 valence electrons. The van der Waals surface area contributed by atoms with E-state index in [9.17, 15) is 13.2 Å². The van der Waals surface area contributed by atoms with Crippen LogP contribution in [0.2, 0.25) is 0 Å². The van der Waals surface area contributed by atoms with E-state index in [0.717, 1.165) is 35.5 Å². The second kappa shape index (κ2) is 6.01. The fourth-order valence-electron chi connectivity index (χ4n) is 4.00. The molecule has 0 fully saturated rings. The van der Waals surface area contributed by atoms with Crippen molar-refractivity contribution in [3.63, 3.8) is 0 Å². The Hall–Kier alpha value is -2.49. The number of nitrogens with zero attached hydrogens (tertiary/aromatic N) is 5. The SMILES string of the molecule is CC(C)(C)C1CCc2c(sc3ncn4nc(-c5cc(C(F)(F)F)[nH]n5)nc4c23)C1. The van der Waals surface area contributed by atoms with E-state index in [1.54, 1.807) is 17.7 Å². The maximum Gasteiger partial charge on any atom is 0.432 e. The number of aromatic nitrogens is 6. The van der Waals surface area contributed by atoms with E-state index in [1.165, 1.54) is 15.0 Å². The smallest absolute Gasteiger partial charge is 0.273 e. The Balaban J connectivity index is 1.61. The lowest BCUT2D eigenvalue weighted by molar-refractivity contribution is -0.141. The van der Waals surface area contributed by atoms with Crippen LogP contribution in [0.25, 0.3) is 27.4 Å². The largest absolute Gasteiger partial charge is 0.432 e. The Morgan fingerprint density at radius 2 is 2.03 bits per heavy atom. The standard InChI is InChI=1S/C19H19F3N6S/c1-18(2,3)9-4-5-10-12(6-9)29-17-14(10)16-24-15(27-28(16)8-23-17)11-7-13(26-25-11)19(20,21)22/h7-9H,4-6H2,1-3H3,(H,25,26). The van der Waals surface area contributed by atoms with Crippen molar-refractivity contribution < 1.29 is 13.2 Å². The second-order valence-electron chi connectivity index (χ2n) is 8.60. The van der Waals surface area contributed by atoms with Gasteiger partial charge in [0.25, 0.3) is 0 Å². The van der Waals surface area contributed by atoms with Gasteiger partial charge in [0.05, 0.1) is 5.39 Å². The lowest BCUT2D eigenvalue weighted by Crippen LogP contribution is -2.26. The summed E-state index contributed by atoms with van der Waals surface area (Å²) in [7, 11) is 0. The molecule has 0 bridgehead atoms. The van der Waals surface area contributed by atoms with Gasteiger partial charge in [-0.15, -0.1) is 16.4 Å². The van der Waals surface area contributed by atoms with Crippen molar-refractivity contribution >= 4 is 27.2 Å². The van der Waals surface area contributed by atoms with Crippen LogP contribution in [0, 0.1) is 11.3 Å². The molecular formula is C19H19F3N6S. The summed E-state index contributed by atoms with van der Waals surface area (Å²) >= 11 is 1.68. The lowest BCUT2D eigenvalue weighted by Gasteiger charge is -2.33. The maximum atomic E-state index is 12.9. The summed E-state index contributed by atoms with van der Waals surface area (Å²) in [5.74, 6) is 0.756. The number of nitrogens with one attached hydrogen (secondary N) is 1. The van der Waals surface area contributed by atoms with Crippen LogP contribution < -0.4 is 0 Å². The van der Waals surface area contributed by atoms with Crippen LogP contribution >= 0.6 is 11.3 Å².